The van der Waals surface area contributed by atoms with Gasteiger partial charge in [0, 0.05) is 5.56 Å². The van der Waals surface area contributed by atoms with Gasteiger partial charge in [0.05, 0.1) is 0 Å². The van der Waals surface area contributed by atoms with Gasteiger partial charge in [-0.05, 0) is 29.5 Å². The molecule has 2 aromatic heterocycles. The molecule has 0 fully saturated rings. The number of hydrogen-bond donors (Lipinski definition) is 0. The lowest BCUT2D eigenvalue weighted by Crippen LogP contribution is -2.10. The minimum atomic E-state index is 0.169. The largest absolute Gasteiger partial charge is 0.235 e. The third-order valence-corrected chi connectivity index (χ3v) is 5.38. The third kappa shape index (κ3) is 3.69. The van der Waals surface area contributed by atoms with Crippen molar-refractivity contribution < 1.29 is 0 Å². The van der Waals surface area contributed by atoms with E-state index in [-0.39, 0.29) is 5.41 Å². The molecule has 27 heavy (non-hydrogen) atoms. The summed E-state index contributed by atoms with van der Waals surface area (Å²) < 4.78 is 1.82. The van der Waals surface area contributed by atoms with Gasteiger partial charge in [-0.3, -0.25) is 0 Å². The maximum absolute atomic E-state index is 4.67. The lowest BCUT2D eigenvalue weighted by atomic mass is 9.87. The average molecular weight is 375 g/mol. The molecule has 0 amide bonds. The molecule has 0 aliphatic rings. The summed E-state index contributed by atoms with van der Waals surface area (Å²) in [6, 6.07) is 16.9. The molecule has 4 nitrogen and oxygen atoms in total. The zero-order valence-electron chi connectivity index (χ0n) is 16.0. The van der Waals surface area contributed by atoms with E-state index in [0.29, 0.717) is 0 Å². The fourth-order valence-corrected chi connectivity index (χ4v) is 3.58. The first-order chi connectivity index (χ1) is 12.9. The van der Waals surface area contributed by atoms with Crippen LogP contribution in [0.15, 0.2) is 48.5 Å². The van der Waals surface area contributed by atoms with Crippen molar-refractivity contribution in [2.24, 2.45) is 0 Å². The molecule has 0 aliphatic heterocycles. The van der Waals surface area contributed by atoms with E-state index in [1.165, 1.54) is 22.5 Å². The molecule has 5 heteroatoms. The molecule has 0 N–H and O–H groups in total. The Balaban J connectivity index is 1.59. The van der Waals surface area contributed by atoms with Crippen molar-refractivity contribution >= 4 is 28.4 Å². The number of aryl methyl sites for hydroxylation is 1. The first-order valence-electron chi connectivity index (χ1n) is 8.98. The van der Waals surface area contributed by atoms with Crippen LogP contribution in [-0.4, -0.2) is 19.8 Å². The Bertz CT molecular complexity index is 1090. The average Bonchev–Trinajstić information content (AvgIpc) is 3.21. The van der Waals surface area contributed by atoms with E-state index in [0.717, 1.165) is 26.9 Å². The van der Waals surface area contributed by atoms with Gasteiger partial charge >= 0.3 is 0 Å². The Morgan fingerprint density at radius 3 is 2.26 bits per heavy atom. The monoisotopic (exact) mass is 374 g/mol. The zero-order valence-corrected chi connectivity index (χ0v) is 16.8. The molecule has 2 aromatic carbocycles. The van der Waals surface area contributed by atoms with E-state index < -0.39 is 0 Å². The highest BCUT2D eigenvalue weighted by atomic mass is 32.1. The number of fused-ring (bicyclic) bond motifs is 1. The van der Waals surface area contributed by atoms with Crippen molar-refractivity contribution in [1.29, 1.82) is 0 Å². The van der Waals surface area contributed by atoms with Crippen molar-refractivity contribution in [2.75, 3.05) is 0 Å². The SMILES string of the molecule is Cc1ccc(-c2nnc3sc(C=Cc4ccc(C(C)(C)C)cc4)nn23)cc1. The lowest BCUT2D eigenvalue weighted by Gasteiger charge is -2.18. The van der Waals surface area contributed by atoms with E-state index in [2.05, 4.69) is 97.6 Å². The lowest BCUT2D eigenvalue weighted by molar-refractivity contribution is 0.590. The van der Waals surface area contributed by atoms with Gasteiger partial charge in [0.2, 0.25) is 4.96 Å². The summed E-state index contributed by atoms with van der Waals surface area (Å²) in [7, 11) is 0. The molecule has 4 aromatic rings. The Morgan fingerprint density at radius 2 is 1.59 bits per heavy atom. The van der Waals surface area contributed by atoms with Crippen molar-refractivity contribution in [2.45, 2.75) is 33.1 Å². The number of hydrogen-bond acceptors (Lipinski definition) is 4. The summed E-state index contributed by atoms with van der Waals surface area (Å²) in [5, 5.41) is 14.1. The minimum Gasteiger partial charge on any atom is -0.182 e. The van der Waals surface area contributed by atoms with E-state index in [1.807, 2.05) is 10.6 Å². The fourth-order valence-electron chi connectivity index (χ4n) is 2.84. The molecule has 0 saturated carbocycles. The maximum atomic E-state index is 4.67. The highest BCUT2D eigenvalue weighted by Crippen LogP contribution is 2.24. The number of rotatable bonds is 3. The normalized spacial score (nSPS) is 12.3. The van der Waals surface area contributed by atoms with Gasteiger partial charge in [0.25, 0.3) is 0 Å². The fraction of sp³-hybridized carbons (Fsp3) is 0.227. The van der Waals surface area contributed by atoms with Crippen molar-refractivity contribution in [3.8, 4) is 11.4 Å². The minimum absolute atomic E-state index is 0.169. The molecule has 0 radical (unpaired) electrons. The molecule has 0 bridgehead atoms. The van der Waals surface area contributed by atoms with E-state index >= 15 is 0 Å². The summed E-state index contributed by atoms with van der Waals surface area (Å²) in [6.07, 6.45) is 4.12. The van der Waals surface area contributed by atoms with Gasteiger partial charge in [-0.15, -0.1) is 10.2 Å². The van der Waals surface area contributed by atoms with Crippen LogP contribution in [0.25, 0.3) is 28.5 Å². The predicted molar refractivity (Wildman–Crippen MR) is 113 cm³/mol. The van der Waals surface area contributed by atoms with Crippen LogP contribution in [0.3, 0.4) is 0 Å². The molecule has 2 heterocycles. The van der Waals surface area contributed by atoms with Crippen LogP contribution in [0.2, 0.25) is 0 Å². The summed E-state index contributed by atoms with van der Waals surface area (Å²) in [5.41, 5.74) is 4.90. The van der Waals surface area contributed by atoms with Crippen molar-refractivity contribution in [1.82, 2.24) is 19.8 Å². The second-order valence-corrected chi connectivity index (χ2v) is 8.72. The highest BCUT2D eigenvalue weighted by molar-refractivity contribution is 7.17. The molecule has 0 atom stereocenters. The Hall–Kier alpha value is -2.79. The van der Waals surface area contributed by atoms with Crippen LogP contribution < -0.4 is 0 Å². The molecule has 4 rings (SSSR count). The zero-order chi connectivity index (χ0) is 19.0. The quantitative estimate of drug-likeness (QED) is 0.467. The third-order valence-electron chi connectivity index (χ3n) is 4.51. The molecule has 0 spiro atoms. The smallest absolute Gasteiger partial charge is 0.182 e. The molecule has 136 valence electrons. The predicted octanol–water partition coefficient (Wildman–Crippen LogP) is 5.63. The number of aromatic nitrogens is 4. The van der Waals surface area contributed by atoms with Gasteiger partial charge in [0.1, 0.15) is 5.01 Å². The Labute approximate surface area is 163 Å². The van der Waals surface area contributed by atoms with Crippen LogP contribution in [-0.2, 0) is 5.41 Å². The van der Waals surface area contributed by atoms with Gasteiger partial charge in [-0.1, -0.05) is 92.3 Å². The van der Waals surface area contributed by atoms with Crippen molar-refractivity contribution in [3.63, 3.8) is 0 Å². The van der Waals surface area contributed by atoms with E-state index in [9.17, 15) is 0 Å². The Kier molecular flexibility index (Phi) is 4.40. The van der Waals surface area contributed by atoms with E-state index in [1.54, 1.807) is 0 Å². The van der Waals surface area contributed by atoms with Crippen LogP contribution in [0.1, 0.15) is 42.5 Å². The van der Waals surface area contributed by atoms with Crippen LogP contribution in [0, 0.1) is 6.92 Å². The van der Waals surface area contributed by atoms with Gasteiger partial charge in [-0.25, -0.2) is 0 Å². The molecule has 0 saturated heterocycles. The summed E-state index contributed by atoms with van der Waals surface area (Å²) in [4.78, 5) is 0.799. The van der Waals surface area contributed by atoms with Crippen LogP contribution in [0.5, 0.6) is 0 Å². The topological polar surface area (TPSA) is 43.1 Å². The molecular formula is C22H22N4S. The van der Waals surface area contributed by atoms with Crippen LogP contribution >= 0.6 is 11.3 Å². The summed E-state index contributed by atoms with van der Waals surface area (Å²) in [5.74, 6) is 0.774. The molecular weight excluding hydrogens is 352 g/mol. The highest BCUT2D eigenvalue weighted by Gasteiger charge is 2.13. The van der Waals surface area contributed by atoms with Gasteiger partial charge in [-0.2, -0.15) is 9.61 Å². The Morgan fingerprint density at radius 1 is 0.889 bits per heavy atom. The second kappa shape index (κ2) is 6.74. The second-order valence-electron chi connectivity index (χ2n) is 7.73. The van der Waals surface area contributed by atoms with Gasteiger partial charge < -0.3 is 0 Å². The standard InChI is InChI=1S/C22H22N4S/c1-15-5-10-17(11-6-15)20-23-24-21-26(20)25-19(27-21)14-9-16-7-12-18(13-8-16)22(2,3)4/h5-14H,1-4H3. The van der Waals surface area contributed by atoms with Crippen LogP contribution in [0.4, 0.5) is 0 Å². The molecule has 0 unspecified atom stereocenters. The van der Waals surface area contributed by atoms with Gasteiger partial charge in [0.15, 0.2) is 5.82 Å². The summed E-state index contributed by atoms with van der Waals surface area (Å²) in [6.45, 7) is 8.75. The van der Waals surface area contributed by atoms with Crippen molar-refractivity contribution in [3.05, 3.63) is 70.2 Å². The molecule has 0 aliphatic carbocycles. The first kappa shape index (κ1) is 17.6. The van der Waals surface area contributed by atoms with E-state index in [4.69, 9.17) is 0 Å². The first-order valence-corrected chi connectivity index (χ1v) is 9.80. The number of nitrogens with zero attached hydrogens (tertiary/aromatic N) is 4. The number of benzene rings is 2. The summed E-state index contributed by atoms with van der Waals surface area (Å²) >= 11 is 1.53. The maximum Gasteiger partial charge on any atom is 0.235 e.